The van der Waals surface area contributed by atoms with Gasteiger partial charge < -0.3 is 5.32 Å². The summed E-state index contributed by atoms with van der Waals surface area (Å²) >= 11 is 0. The number of rotatable bonds is 5. The fourth-order valence-corrected chi connectivity index (χ4v) is 3.24. The van der Waals surface area contributed by atoms with Gasteiger partial charge in [0.05, 0.1) is 0 Å². The zero-order chi connectivity index (χ0) is 15.4. The summed E-state index contributed by atoms with van der Waals surface area (Å²) in [6.45, 7) is 7.17. The average molecular weight is 337 g/mol. The van der Waals surface area contributed by atoms with E-state index in [2.05, 4.69) is 17.1 Å². The molecule has 1 N–H and O–H groups in total. The van der Waals surface area contributed by atoms with E-state index in [1.165, 1.54) is 0 Å². The fourth-order valence-electron chi connectivity index (χ4n) is 3.24. The molecular formula is C16H24ClF3N2. The highest BCUT2D eigenvalue weighted by Gasteiger charge is 2.31. The van der Waals surface area contributed by atoms with Crippen molar-refractivity contribution in [2.24, 2.45) is 5.92 Å². The van der Waals surface area contributed by atoms with E-state index in [0.29, 0.717) is 0 Å². The van der Waals surface area contributed by atoms with Crippen molar-refractivity contribution in [3.8, 4) is 0 Å². The monoisotopic (exact) mass is 336 g/mol. The van der Waals surface area contributed by atoms with Gasteiger partial charge >= 0.3 is 0 Å². The summed E-state index contributed by atoms with van der Waals surface area (Å²) in [4.78, 5) is 2.11. The van der Waals surface area contributed by atoms with Crippen molar-refractivity contribution >= 4 is 12.4 Å². The summed E-state index contributed by atoms with van der Waals surface area (Å²) in [5.74, 6) is -2.31. The smallest absolute Gasteiger partial charge is 0.133 e. The third-order valence-corrected chi connectivity index (χ3v) is 4.17. The Morgan fingerprint density at radius 3 is 2.18 bits per heavy atom. The summed E-state index contributed by atoms with van der Waals surface area (Å²) < 4.78 is 41.5. The molecule has 0 aromatic heterocycles. The Hall–Kier alpha value is -0.780. The first-order valence-electron chi connectivity index (χ1n) is 7.63. The molecule has 2 rings (SSSR count). The van der Waals surface area contributed by atoms with Crippen LogP contribution in [0.2, 0.25) is 0 Å². The Bertz CT molecular complexity index is 455. The Labute approximate surface area is 136 Å². The van der Waals surface area contributed by atoms with Crippen molar-refractivity contribution in [1.82, 2.24) is 10.2 Å². The quantitative estimate of drug-likeness (QED) is 0.877. The van der Waals surface area contributed by atoms with Gasteiger partial charge in [-0.1, -0.05) is 20.3 Å². The third kappa shape index (κ3) is 4.37. The van der Waals surface area contributed by atoms with Crippen LogP contribution in [0.5, 0.6) is 0 Å². The molecule has 22 heavy (non-hydrogen) atoms. The van der Waals surface area contributed by atoms with Gasteiger partial charge in [-0.2, -0.15) is 0 Å². The highest BCUT2D eigenvalue weighted by atomic mass is 35.5. The minimum absolute atomic E-state index is 0. The number of nitrogens with zero attached hydrogens (tertiary/aromatic N) is 1. The van der Waals surface area contributed by atoms with Crippen LogP contribution in [0, 0.1) is 23.4 Å². The van der Waals surface area contributed by atoms with E-state index in [9.17, 15) is 13.2 Å². The number of hydrogen-bond donors (Lipinski definition) is 1. The molecule has 0 amide bonds. The van der Waals surface area contributed by atoms with Crippen molar-refractivity contribution in [1.29, 1.82) is 0 Å². The Morgan fingerprint density at radius 1 is 1.14 bits per heavy atom. The molecule has 2 nitrogen and oxygen atoms in total. The maximum atomic E-state index is 14.2. The maximum absolute atomic E-state index is 14.2. The molecular weight excluding hydrogens is 313 g/mol. The highest BCUT2D eigenvalue weighted by molar-refractivity contribution is 5.85. The molecule has 1 aromatic carbocycles. The summed E-state index contributed by atoms with van der Waals surface area (Å²) in [7, 11) is 0. The first kappa shape index (κ1) is 19.3. The molecule has 1 heterocycles. The lowest BCUT2D eigenvalue weighted by atomic mass is 9.88. The van der Waals surface area contributed by atoms with E-state index in [1.807, 2.05) is 6.92 Å². The number of hydrogen-bond acceptors (Lipinski definition) is 2. The number of piperazine rings is 1. The zero-order valence-corrected chi connectivity index (χ0v) is 13.9. The van der Waals surface area contributed by atoms with Gasteiger partial charge in [-0.15, -0.1) is 12.4 Å². The number of benzene rings is 1. The Kier molecular flexibility index (Phi) is 7.66. The van der Waals surface area contributed by atoms with E-state index in [1.54, 1.807) is 0 Å². The van der Waals surface area contributed by atoms with Crippen LogP contribution in [0.25, 0.3) is 0 Å². The van der Waals surface area contributed by atoms with Gasteiger partial charge in [-0.05, 0) is 12.3 Å². The predicted octanol–water partition coefficient (Wildman–Crippen LogP) is 3.91. The van der Waals surface area contributed by atoms with Crippen molar-refractivity contribution in [2.45, 2.75) is 32.7 Å². The van der Waals surface area contributed by atoms with Crippen LogP contribution in [0.15, 0.2) is 12.1 Å². The second kappa shape index (κ2) is 8.75. The molecule has 1 aliphatic rings. The lowest BCUT2D eigenvalue weighted by Crippen LogP contribution is -2.47. The van der Waals surface area contributed by atoms with Crippen LogP contribution in [-0.2, 0) is 0 Å². The van der Waals surface area contributed by atoms with Crippen LogP contribution in [0.3, 0.4) is 0 Å². The van der Waals surface area contributed by atoms with Gasteiger partial charge in [0.2, 0.25) is 0 Å². The normalized spacial score (nSPS) is 18.6. The zero-order valence-electron chi connectivity index (χ0n) is 13.0. The van der Waals surface area contributed by atoms with Crippen LogP contribution < -0.4 is 5.32 Å². The van der Waals surface area contributed by atoms with Crippen LogP contribution in [-0.4, -0.2) is 31.1 Å². The topological polar surface area (TPSA) is 15.3 Å². The van der Waals surface area contributed by atoms with Gasteiger partial charge in [-0.3, -0.25) is 4.90 Å². The molecule has 1 fully saturated rings. The first-order valence-corrected chi connectivity index (χ1v) is 7.63. The highest BCUT2D eigenvalue weighted by Crippen LogP contribution is 2.35. The molecule has 0 bridgehead atoms. The first-order chi connectivity index (χ1) is 10.0. The van der Waals surface area contributed by atoms with Gasteiger partial charge in [0.25, 0.3) is 0 Å². The van der Waals surface area contributed by atoms with E-state index in [0.717, 1.165) is 51.2 Å². The second-order valence-electron chi connectivity index (χ2n) is 5.78. The van der Waals surface area contributed by atoms with Gasteiger partial charge in [0.15, 0.2) is 0 Å². The van der Waals surface area contributed by atoms with Crippen molar-refractivity contribution in [3.63, 3.8) is 0 Å². The van der Waals surface area contributed by atoms with Crippen molar-refractivity contribution in [2.75, 3.05) is 26.2 Å². The minimum atomic E-state index is -0.865. The van der Waals surface area contributed by atoms with E-state index in [4.69, 9.17) is 0 Å². The third-order valence-electron chi connectivity index (χ3n) is 4.17. The fraction of sp³-hybridized carbons (Fsp3) is 0.625. The lowest BCUT2D eigenvalue weighted by molar-refractivity contribution is 0.119. The molecule has 1 aliphatic heterocycles. The molecule has 1 aromatic rings. The summed E-state index contributed by atoms with van der Waals surface area (Å²) in [5, 5.41) is 3.24. The molecule has 6 heteroatoms. The summed E-state index contributed by atoms with van der Waals surface area (Å²) in [6, 6.07) is 1.23. The second-order valence-corrected chi connectivity index (χ2v) is 5.78. The summed E-state index contributed by atoms with van der Waals surface area (Å²) in [5.41, 5.74) is 0.0132. The van der Waals surface area contributed by atoms with Crippen molar-refractivity contribution < 1.29 is 13.2 Å². The molecule has 1 saturated heterocycles. The van der Waals surface area contributed by atoms with E-state index < -0.39 is 17.5 Å². The summed E-state index contributed by atoms with van der Waals surface area (Å²) in [6.07, 6.45) is 1.83. The van der Waals surface area contributed by atoms with E-state index >= 15 is 0 Å². The molecule has 2 atom stereocenters. The Balaban J connectivity index is 0.00000242. The molecule has 0 spiro atoms. The maximum Gasteiger partial charge on any atom is 0.133 e. The Morgan fingerprint density at radius 2 is 1.68 bits per heavy atom. The van der Waals surface area contributed by atoms with Crippen LogP contribution >= 0.6 is 12.4 Å². The average Bonchev–Trinajstić information content (AvgIpc) is 2.43. The van der Waals surface area contributed by atoms with Crippen LogP contribution in [0.1, 0.15) is 38.3 Å². The van der Waals surface area contributed by atoms with Gasteiger partial charge in [-0.25, -0.2) is 13.2 Å². The molecule has 0 radical (unpaired) electrons. The van der Waals surface area contributed by atoms with Crippen molar-refractivity contribution in [3.05, 3.63) is 35.1 Å². The van der Waals surface area contributed by atoms with Crippen LogP contribution in [0.4, 0.5) is 13.2 Å². The minimum Gasteiger partial charge on any atom is -0.314 e. The van der Waals surface area contributed by atoms with Gasteiger partial charge in [0, 0.05) is 49.9 Å². The largest absolute Gasteiger partial charge is 0.314 e. The number of nitrogens with one attached hydrogen (secondary N) is 1. The molecule has 0 saturated carbocycles. The molecule has 1 unspecified atom stereocenters. The number of halogens is 4. The SMILES string of the molecule is CCCC(C)[C@H](c1c(F)cc(F)cc1F)N1CCNCC1.Cl. The standard InChI is InChI=1S/C16H23F3N2.ClH/c1-3-4-11(2)16(21-7-5-20-6-8-21)15-13(18)9-12(17)10-14(15)19;/h9-11,16,20H,3-8H2,1-2H3;1H/t11?,16-;/m1./s1. The predicted molar refractivity (Wildman–Crippen MR) is 84.8 cm³/mol. The lowest BCUT2D eigenvalue weighted by Gasteiger charge is -2.38. The molecule has 126 valence electrons. The van der Waals surface area contributed by atoms with Gasteiger partial charge in [0.1, 0.15) is 17.5 Å². The van der Waals surface area contributed by atoms with E-state index in [-0.39, 0.29) is 29.9 Å². The molecule has 0 aliphatic carbocycles.